The molecule has 2 atom stereocenters. The van der Waals surface area contributed by atoms with Crippen LogP contribution >= 0.6 is 0 Å². The Balaban J connectivity index is 1.86. The molecule has 0 bridgehead atoms. The average Bonchev–Trinajstić information content (AvgIpc) is 2.47. The van der Waals surface area contributed by atoms with E-state index in [2.05, 4.69) is 10.2 Å². The lowest BCUT2D eigenvalue weighted by atomic mass is 9.98. The Kier molecular flexibility index (Phi) is 5.60. The van der Waals surface area contributed by atoms with Gasteiger partial charge in [0, 0.05) is 46.4 Å². The Morgan fingerprint density at radius 3 is 2.79 bits per heavy atom. The molecule has 1 amide bonds. The van der Waals surface area contributed by atoms with Crippen molar-refractivity contribution in [3.8, 4) is 0 Å². The SMILES string of the molecule is COCC1CCCN(C(=O)C(C)N2CCNCC2)C1. The summed E-state index contributed by atoms with van der Waals surface area (Å²) in [5, 5.41) is 3.33. The van der Waals surface area contributed by atoms with Gasteiger partial charge < -0.3 is 15.0 Å². The number of nitrogens with one attached hydrogen (secondary N) is 1. The third-order valence-corrected chi connectivity index (χ3v) is 4.29. The fourth-order valence-corrected chi connectivity index (χ4v) is 3.13. The van der Waals surface area contributed by atoms with E-state index in [0.717, 1.165) is 52.3 Å². The number of carbonyl (C=O) groups excluding carboxylic acids is 1. The number of methoxy groups -OCH3 is 1. The van der Waals surface area contributed by atoms with Crippen molar-refractivity contribution in [2.75, 3.05) is 53.0 Å². The number of likely N-dealkylation sites (tertiary alicyclic amines) is 1. The fraction of sp³-hybridized carbons (Fsp3) is 0.929. The number of ether oxygens (including phenoxy) is 1. The molecule has 2 aliphatic rings. The second-order valence-electron chi connectivity index (χ2n) is 5.71. The standard InChI is InChI=1S/C14H27N3O2/c1-12(16-8-5-15-6-9-16)14(18)17-7-3-4-13(10-17)11-19-2/h12-13,15H,3-11H2,1-2H3. The number of piperazine rings is 1. The molecular weight excluding hydrogens is 242 g/mol. The molecule has 0 aromatic rings. The van der Waals surface area contributed by atoms with Gasteiger partial charge in [0.2, 0.25) is 5.91 Å². The molecule has 1 N–H and O–H groups in total. The van der Waals surface area contributed by atoms with Crippen molar-refractivity contribution in [2.45, 2.75) is 25.8 Å². The van der Waals surface area contributed by atoms with E-state index in [0.29, 0.717) is 11.8 Å². The largest absolute Gasteiger partial charge is 0.384 e. The Morgan fingerprint density at radius 1 is 1.37 bits per heavy atom. The molecular formula is C14H27N3O2. The van der Waals surface area contributed by atoms with Crippen LogP contribution in [0.2, 0.25) is 0 Å². The van der Waals surface area contributed by atoms with E-state index in [1.54, 1.807) is 7.11 Å². The molecule has 2 rings (SSSR count). The normalized spacial score (nSPS) is 27.3. The third-order valence-electron chi connectivity index (χ3n) is 4.29. The third kappa shape index (κ3) is 3.91. The molecule has 2 heterocycles. The first-order chi connectivity index (χ1) is 9.22. The van der Waals surface area contributed by atoms with Crippen molar-refractivity contribution in [3.05, 3.63) is 0 Å². The predicted molar refractivity (Wildman–Crippen MR) is 75.1 cm³/mol. The zero-order valence-corrected chi connectivity index (χ0v) is 12.2. The van der Waals surface area contributed by atoms with Crippen LogP contribution in [-0.4, -0.2) is 74.7 Å². The Labute approximate surface area is 116 Å². The molecule has 0 spiro atoms. The van der Waals surface area contributed by atoms with E-state index in [4.69, 9.17) is 4.74 Å². The first kappa shape index (κ1) is 14.8. The molecule has 0 aliphatic carbocycles. The second-order valence-corrected chi connectivity index (χ2v) is 5.71. The molecule has 110 valence electrons. The highest BCUT2D eigenvalue weighted by atomic mass is 16.5. The van der Waals surface area contributed by atoms with Gasteiger partial charge in [0.1, 0.15) is 0 Å². The van der Waals surface area contributed by atoms with Crippen LogP contribution in [0.4, 0.5) is 0 Å². The minimum Gasteiger partial charge on any atom is -0.384 e. The minimum atomic E-state index is 0.0170. The molecule has 2 unspecified atom stereocenters. The van der Waals surface area contributed by atoms with Gasteiger partial charge >= 0.3 is 0 Å². The summed E-state index contributed by atoms with van der Waals surface area (Å²) in [5.74, 6) is 0.806. The summed E-state index contributed by atoms with van der Waals surface area (Å²) in [6.45, 7) is 8.52. The van der Waals surface area contributed by atoms with Crippen molar-refractivity contribution >= 4 is 5.91 Å². The Bertz CT molecular complexity index is 290. The van der Waals surface area contributed by atoms with Crippen LogP contribution in [0.3, 0.4) is 0 Å². The van der Waals surface area contributed by atoms with E-state index in [1.807, 2.05) is 11.8 Å². The molecule has 0 saturated carbocycles. The van der Waals surface area contributed by atoms with Crippen LogP contribution in [0.5, 0.6) is 0 Å². The summed E-state index contributed by atoms with van der Waals surface area (Å²) in [6, 6.07) is 0.0170. The van der Waals surface area contributed by atoms with Crippen LogP contribution in [0.25, 0.3) is 0 Å². The van der Waals surface area contributed by atoms with E-state index in [1.165, 1.54) is 6.42 Å². The van der Waals surface area contributed by atoms with Crippen LogP contribution in [-0.2, 0) is 9.53 Å². The number of carbonyl (C=O) groups is 1. The number of hydrogen-bond donors (Lipinski definition) is 1. The van der Waals surface area contributed by atoms with Gasteiger partial charge in [0.25, 0.3) is 0 Å². The molecule has 2 fully saturated rings. The van der Waals surface area contributed by atoms with E-state index < -0.39 is 0 Å². The van der Waals surface area contributed by atoms with Crippen molar-refractivity contribution in [2.24, 2.45) is 5.92 Å². The average molecular weight is 269 g/mol. The lowest BCUT2D eigenvalue weighted by Gasteiger charge is -2.38. The van der Waals surface area contributed by atoms with Crippen LogP contribution in [0.1, 0.15) is 19.8 Å². The first-order valence-electron chi connectivity index (χ1n) is 7.45. The Hall–Kier alpha value is -0.650. The lowest BCUT2D eigenvalue weighted by molar-refractivity contribution is -0.138. The van der Waals surface area contributed by atoms with Gasteiger partial charge in [-0.25, -0.2) is 0 Å². The number of amides is 1. The van der Waals surface area contributed by atoms with Crippen LogP contribution < -0.4 is 5.32 Å². The maximum atomic E-state index is 12.6. The van der Waals surface area contributed by atoms with Gasteiger partial charge in [0.05, 0.1) is 12.6 Å². The molecule has 5 nitrogen and oxygen atoms in total. The zero-order chi connectivity index (χ0) is 13.7. The highest BCUT2D eigenvalue weighted by Gasteiger charge is 2.30. The van der Waals surface area contributed by atoms with Crippen molar-refractivity contribution in [1.29, 1.82) is 0 Å². The van der Waals surface area contributed by atoms with Crippen LogP contribution in [0.15, 0.2) is 0 Å². The first-order valence-corrected chi connectivity index (χ1v) is 7.45. The molecule has 0 aromatic heterocycles. The second kappa shape index (κ2) is 7.22. The summed E-state index contributed by atoms with van der Waals surface area (Å²) in [7, 11) is 1.74. The quantitative estimate of drug-likeness (QED) is 0.790. The molecule has 2 saturated heterocycles. The summed E-state index contributed by atoms with van der Waals surface area (Å²) >= 11 is 0. The molecule has 19 heavy (non-hydrogen) atoms. The van der Waals surface area contributed by atoms with E-state index in [-0.39, 0.29) is 6.04 Å². The van der Waals surface area contributed by atoms with Crippen molar-refractivity contribution in [3.63, 3.8) is 0 Å². The van der Waals surface area contributed by atoms with Gasteiger partial charge in [-0.15, -0.1) is 0 Å². The van der Waals surface area contributed by atoms with Gasteiger partial charge in [-0.05, 0) is 25.7 Å². The zero-order valence-electron chi connectivity index (χ0n) is 12.2. The maximum absolute atomic E-state index is 12.6. The summed E-state index contributed by atoms with van der Waals surface area (Å²) in [4.78, 5) is 16.9. The minimum absolute atomic E-state index is 0.0170. The monoisotopic (exact) mass is 269 g/mol. The van der Waals surface area contributed by atoms with E-state index >= 15 is 0 Å². The van der Waals surface area contributed by atoms with Gasteiger partial charge in [-0.3, -0.25) is 9.69 Å². The molecule has 5 heteroatoms. The van der Waals surface area contributed by atoms with Gasteiger partial charge in [-0.2, -0.15) is 0 Å². The van der Waals surface area contributed by atoms with Gasteiger partial charge in [0.15, 0.2) is 0 Å². The van der Waals surface area contributed by atoms with Crippen molar-refractivity contribution < 1.29 is 9.53 Å². The fourth-order valence-electron chi connectivity index (χ4n) is 3.13. The number of rotatable bonds is 4. The van der Waals surface area contributed by atoms with Gasteiger partial charge in [-0.1, -0.05) is 0 Å². The highest BCUT2D eigenvalue weighted by Crippen LogP contribution is 2.18. The molecule has 0 aromatic carbocycles. The predicted octanol–water partition coefficient (Wildman–Crippen LogP) is 0.165. The number of nitrogens with zero attached hydrogens (tertiary/aromatic N) is 2. The Morgan fingerprint density at radius 2 is 2.11 bits per heavy atom. The maximum Gasteiger partial charge on any atom is 0.239 e. The smallest absolute Gasteiger partial charge is 0.239 e. The topological polar surface area (TPSA) is 44.8 Å². The molecule has 0 radical (unpaired) electrons. The molecule has 2 aliphatic heterocycles. The summed E-state index contributed by atoms with van der Waals surface area (Å²) in [6.07, 6.45) is 2.29. The van der Waals surface area contributed by atoms with Crippen molar-refractivity contribution in [1.82, 2.24) is 15.1 Å². The highest BCUT2D eigenvalue weighted by molar-refractivity contribution is 5.81. The van der Waals surface area contributed by atoms with E-state index in [9.17, 15) is 4.79 Å². The lowest BCUT2D eigenvalue weighted by Crippen LogP contribution is -2.55. The number of hydrogen-bond acceptors (Lipinski definition) is 4. The summed E-state index contributed by atoms with van der Waals surface area (Å²) in [5.41, 5.74) is 0. The summed E-state index contributed by atoms with van der Waals surface area (Å²) < 4.78 is 5.23. The number of piperidine rings is 1. The van der Waals surface area contributed by atoms with Crippen LogP contribution in [0, 0.1) is 5.92 Å².